The smallest absolute Gasteiger partial charge is 0.238 e. The maximum atomic E-state index is 12.4. The zero-order chi connectivity index (χ0) is 10.0. The van der Waals surface area contributed by atoms with E-state index in [1.165, 1.54) is 0 Å². The predicted molar refractivity (Wildman–Crippen MR) is 35.0 cm³/mol. The first-order valence-corrected chi connectivity index (χ1v) is 2.86. The van der Waals surface area contributed by atoms with Gasteiger partial charge in [0, 0.05) is 4.73 Å². The predicted octanol–water partition coefficient (Wildman–Crippen LogP) is -1.64. The molecule has 0 aromatic carbocycles. The Labute approximate surface area is 68.4 Å². The molecule has 13 heavy (non-hydrogen) atoms. The fourth-order valence-electron chi connectivity index (χ4n) is 0.584. The van der Waals surface area contributed by atoms with Crippen LogP contribution in [-0.4, -0.2) is 14.6 Å². The monoisotopic (exact) mass is 191 g/mol. The number of halogens is 1. The first-order chi connectivity index (χ1) is 6.02. The first kappa shape index (κ1) is 8.90. The van der Waals surface area contributed by atoms with Gasteiger partial charge in [-0.05, 0) is 0 Å². The Bertz CT molecular complexity index is 448. The van der Waals surface area contributed by atoms with E-state index in [1.807, 2.05) is 0 Å². The van der Waals surface area contributed by atoms with Crippen molar-refractivity contribution in [3.8, 4) is 0 Å². The van der Waals surface area contributed by atoms with E-state index in [4.69, 9.17) is 0 Å². The number of hydrogen-bond donors (Lipinski definition) is 0. The van der Waals surface area contributed by atoms with Gasteiger partial charge in [0.1, 0.15) is 0 Å². The molecule has 0 amide bonds. The molecule has 0 aliphatic carbocycles. The first-order valence-electron chi connectivity index (χ1n) is 2.86. The summed E-state index contributed by atoms with van der Waals surface area (Å²) in [6.07, 6.45) is 0.518. The summed E-state index contributed by atoms with van der Waals surface area (Å²) in [5, 5.41) is 8.34. The Morgan fingerprint density at radius 1 is 1.54 bits per heavy atom. The summed E-state index contributed by atoms with van der Waals surface area (Å²) in [5.74, 6) is 0. The van der Waals surface area contributed by atoms with Crippen LogP contribution in [0.4, 0.5) is 4.48 Å². The lowest BCUT2D eigenvalue weighted by atomic mass is 10.7. The molecule has 0 aliphatic heterocycles. The number of nitrogens with zero attached hydrogens (tertiary/aromatic N) is 3. The van der Waals surface area contributed by atoms with E-state index in [1.54, 1.807) is 0 Å². The zero-order valence-corrected chi connectivity index (χ0v) is 5.92. The lowest BCUT2D eigenvalue weighted by Crippen LogP contribution is -2.43. The fourth-order valence-corrected chi connectivity index (χ4v) is 0.584. The normalized spacial score (nSPS) is 9.62. The summed E-state index contributed by atoms with van der Waals surface area (Å²) in [7, 11) is 0. The van der Waals surface area contributed by atoms with Crippen LogP contribution in [0, 0.1) is 10.1 Å². The van der Waals surface area contributed by atoms with Crippen molar-refractivity contribution in [2.75, 3.05) is 0 Å². The molecule has 1 aromatic heterocycles. The topological polar surface area (TPSA) is 96.4 Å². The number of hydrogen-bond acceptors (Lipinski definition) is 5. The summed E-state index contributed by atoms with van der Waals surface area (Å²) < 4.78 is 12.0. The molecule has 0 fully saturated rings. The maximum Gasteiger partial charge on any atom is 0.474 e. The second-order valence-electron chi connectivity index (χ2n) is 1.85. The highest BCUT2D eigenvalue weighted by Gasteiger charge is 2.11. The maximum absolute atomic E-state index is 12.4. The van der Waals surface area contributed by atoms with E-state index < -0.39 is 21.1 Å². The molecule has 0 unspecified atom stereocenters. The van der Waals surface area contributed by atoms with Crippen LogP contribution >= 0.6 is 0 Å². The van der Waals surface area contributed by atoms with Gasteiger partial charge in [0.05, 0.1) is 12.3 Å². The molecule has 1 heterocycles. The molecule has 0 radical (unpaired) electrons. The van der Waals surface area contributed by atoms with Gasteiger partial charge in [-0.1, -0.05) is 4.48 Å². The average molecular weight is 191 g/mol. The summed E-state index contributed by atoms with van der Waals surface area (Å²) in [6, 6.07) is 0.602. The zero-order valence-electron chi connectivity index (χ0n) is 5.92. The third-order valence-electron chi connectivity index (χ3n) is 1.05. The molecule has 0 saturated heterocycles. The van der Waals surface area contributed by atoms with E-state index >= 15 is 0 Å². The van der Waals surface area contributed by atoms with Crippen LogP contribution in [0.3, 0.4) is 0 Å². The molecular formula is C4H2FN3O5. The van der Waals surface area contributed by atoms with Crippen molar-refractivity contribution in [2.45, 2.75) is 0 Å². The van der Waals surface area contributed by atoms with Gasteiger partial charge in [0.2, 0.25) is 0 Å². The molecule has 70 valence electrons. The minimum atomic E-state index is -1.58. The van der Waals surface area contributed by atoms with Crippen LogP contribution in [0.1, 0.15) is 0 Å². The van der Waals surface area contributed by atoms with Gasteiger partial charge in [-0.2, -0.15) is 4.94 Å². The van der Waals surface area contributed by atoms with Crippen molar-refractivity contribution in [1.82, 2.24) is 9.52 Å². The molecule has 0 aliphatic rings. The van der Waals surface area contributed by atoms with Gasteiger partial charge >= 0.3 is 11.2 Å². The van der Waals surface area contributed by atoms with Crippen molar-refractivity contribution in [2.24, 2.45) is 0 Å². The van der Waals surface area contributed by atoms with Gasteiger partial charge in [-0.15, -0.1) is 4.79 Å². The second-order valence-corrected chi connectivity index (χ2v) is 1.85. The summed E-state index contributed by atoms with van der Waals surface area (Å²) >= 11 is 0. The van der Waals surface area contributed by atoms with E-state index in [-0.39, 0.29) is 4.73 Å². The Balaban J connectivity index is 3.35. The highest BCUT2D eigenvalue weighted by Crippen LogP contribution is 1.74. The average Bonchev–Trinajstić information content (AvgIpc) is 2.05. The van der Waals surface area contributed by atoms with E-state index in [0.717, 1.165) is 0 Å². The van der Waals surface area contributed by atoms with E-state index in [0.29, 0.717) is 12.3 Å². The van der Waals surface area contributed by atoms with Gasteiger partial charge in [0.25, 0.3) is 0 Å². The Hall–Kier alpha value is -2.19. The molecule has 0 N–H and O–H groups in total. The highest BCUT2D eigenvalue weighted by atomic mass is 19.2. The lowest BCUT2D eigenvalue weighted by Gasteiger charge is -1.96. The van der Waals surface area contributed by atoms with Crippen molar-refractivity contribution < 1.29 is 14.5 Å². The van der Waals surface area contributed by atoms with Crippen LogP contribution < -0.4 is 16.2 Å². The Morgan fingerprint density at radius 2 is 2.15 bits per heavy atom. The minimum Gasteiger partial charge on any atom is -0.238 e. The van der Waals surface area contributed by atoms with Gasteiger partial charge in [0.15, 0.2) is 5.09 Å². The van der Waals surface area contributed by atoms with Gasteiger partial charge < -0.3 is 0 Å². The molecule has 0 bridgehead atoms. The molecular weight excluding hydrogens is 189 g/mol. The third-order valence-corrected chi connectivity index (χ3v) is 1.05. The van der Waals surface area contributed by atoms with Crippen LogP contribution in [0.5, 0.6) is 0 Å². The third kappa shape index (κ3) is 1.69. The number of aromatic nitrogens is 2. The van der Waals surface area contributed by atoms with E-state index in [9.17, 15) is 24.2 Å². The Kier molecular flexibility index (Phi) is 2.09. The summed E-state index contributed by atoms with van der Waals surface area (Å²) in [4.78, 5) is 34.1. The fraction of sp³-hybridized carbons (Fsp3) is 0. The van der Waals surface area contributed by atoms with Gasteiger partial charge in [-0.3, -0.25) is 0 Å². The quantitative estimate of drug-likeness (QED) is 0.412. The van der Waals surface area contributed by atoms with Crippen molar-refractivity contribution in [3.05, 3.63) is 43.2 Å². The Morgan fingerprint density at radius 3 is 2.69 bits per heavy atom. The van der Waals surface area contributed by atoms with Crippen LogP contribution in [0.15, 0.2) is 21.9 Å². The van der Waals surface area contributed by atoms with Crippen molar-refractivity contribution in [3.63, 3.8) is 0 Å². The summed E-state index contributed by atoms with van der Waals surface area (Å²) in [6.45, 7) is 0. The molecule has 8 nitrogen and oxygen atoms in total. The minimum absolute atomic E-state index is 0.319. The molecule has 0 saturated carbocycles. The van der Waals surface area contributed by atoms with Gasteiger partial charge in [-0.25, -0.2) is 19.7 Å². The van der Waals surface area contributed by atoms with Crippen LogP contribution in [-0.2, 0) is 0 Å². The summed E-state index contributed by atoms with van der Waals surface area (Å²) in [5.41, 5.74) is -2.71. The molecule has 0 atom stereocenters. The largest absolute Gasteiger partial charge is 0.474 e. The SMILES string of the molecule is O=c1ccn(F)c(=O)n1O[N+](=O)[O-]. The lowest BCUT2D eigenvalue weighted by molar-refractivity contribution is -0.751. The molecule has 0 spiro atoms. The van der Waals surface area contributed by atoms with Crippen LogP contribution in [0.25, 0.3) is 0 Å². The van der Waals surface area contributed by atoms with Crippen molar-refractivity contribution in [1.29, 1.82) is 0 Å². The van der Waals surface area contributed by atoms with E-state index in [2.05, 4.69) is 4.94 Å². The molecule has 1 rings (SSSR count). The molecule has 9 heteroatoms. The highest BCUT2D eigenvalue weighted by molar-refractivity contribution is 4.81. The van der Waals surface area contributed by atoms with Crippen LogP contribution in [0.2, 0.25) is 0 Å². The molecule has 1 aromatic rings. The standard InChI is InChI=1S/C4H2FN3O5/c5-6-2-1-3(9)7(4(6)10)13-8(11)12/h1-2H. The second kappa shape index (κ2) is 3.05. The number of rotatable bonds is 2. The van der Waals surface area contributed by atoms with Crippen molar-refractivity contribution >= 4 is 0 Å².